The number of rotatable bonds is 19. The molecule has 0 heterocycles. The first-order chi connectivity index (χ1) is 16.2. The van der Waals surface area contributed by atoms with Crippen molar-refractivity contribution >= 4 is 20.3 Å². The van der Waals surface area contributed by atoms with Gasteiger partial charge in [0.1, 0.15) is 0 Å². The van der Waals surface area contributed by atoms with Gasteiger partial charge in [-0.1, -0.05) is 151 Å². The first kappa shape index (κ1) is 31.2. The number of hydrogen-bond donors (Lipinski definition) is 0. The minimum absolute atomic E-state index is 0. The van der Waals surface area contributed by atoms with Crippen LogP contribution in [0.15, 0.2) is 60.7 Å². The maximum Gasteiger partial charge on any atom is -0.00187 e. The highest BCUT2D eigenvalue weighted by Gasteiger charge is 2.33. The van der Waals surface area contributed by atoms with Crippen molar-refractivity contribution in [2.75, 3.05) is 13.3 Å². The summed E-state index contributed by atoms with van der Waals surface area (Å²) in [5.41, 5.74) is 3.03. The molecule has 34 heavy (non-hydrogen) atoms. The van der Waals surface area contributed by atoms with E-state index in [1.807, 2.05) is 0 Å². The number of benzene rings is 2. The second-order valence-electron chi connectivity index (χ2n) is 10.4. The summed E-state index contributed by atoms with van der Waals surface area (Å²) in [6, 6.07) is 22.5. The van der Waals surface area contributed by atoms with Crippen LogP contribution in [0.1, 0.15) is 108 Å². The Bertz CT molecular complexity index is 656. The van der Waals surface area contributed by atoms with E-state index < -0.39 is 0 Å². The van der Waals surface area contributed by atoms with Gasteiger partial charge in [-0.3, -0.25) is 0 Å². The fraction of sp³-hybridized carbons (Fsp3) is 0.625. The number of unbranched alkanes of at least 4 members (excludes halogenated alkanes) is 12. The van der Waals surface area contributed by atoms with Gasteiger partial charge >= 0.3 is 0 Å². The third-order valence-corrected chi connectivity index (χ3v) is 9.88. The molecule has 2 aromatic carbocycles. The topological polar surface area (TPSA) is 0 Å². The van der Waals surface area contributed by atoms with Crippen LogP contribution in [0.25, 0.3) is 0 Å². The maximum atomic E-state index is 2.52. The SMILES string of the molecule is CCCCCCCCCCCCCCCC(Cc1ccccc1)(Cc1ccccc1)P(C)C.Cl. The van der Waals surface area contributed by atoms with Crippen LogP contribution in [0.4, 0.5) is 0 Å². The molecule has 0 aliphatic rings. The van der Waals surface area contributed by atoms with Gasteiger partial charge in [0.05, 0.1) is 0 Å². The lowest BCUT2D eigenvalue weighted by Crippen LogP contribution is -2.32. The molecule has 0 aliphatic carbocycles. The van der Waals surface area contributed by atoms with E-state index in [0.29, 0.717) is 5.16 Å². The fourth-order valence-corrected chi connectivity index (χ4v) is 6.81. The number of hydrogen-bond acceptors (Lipinski definition) is 0. The second-order valence-corrected chi connectivity index (χ2v) is 13.2. The highest BCUT2D eigenvalue weighted by molar-refractivity contribution is 7.57. The van der Waals surface area contributed by atoms with Crippen molar-refractivity contribution in [1.82, 2.24) is 0 Å². The zero-order chi connectivity index (χ0) is 23.6. The predicted molar refractivity (Wildman–Crippen MR) is 159 cm³/mol. The van der Waals surface area contributed by atoms with Gasteiger partial charge in [-0.2, -0.15) is 0 Å². The van der Waals surface area contributed by atoms with E-state index in [0.717, 1.165) is 0 Å². The average molecular weight is 503 g/mol. The van der Waals surface area contributed by atoms with E-state index in [-0.39, 0.29) is 20.3 Å². The first-order valence-corrected chi connectivity index (χ1v) is 16.2. The Balaban J connectivity index is 0.00000578. The van der Waals surface area contributed by atoms with E-state index >= 15 is 0 Å². The molecule has 0 spiro atoms. The van der Waals surface area contributed by atoms with Crippen LogP contribution in [-0.2, 0) is 12.8 Å². The molecule has 0 saturated carbocycles. The summed E-state index contributed by atoms with van der Waals surface area (Å²) in [4.78, 5) is 0. The highest BCUT2D eigenvalue weighted by Crippen LogP contribution is 2.50. The lowest BCUT2D eigenvalue weighted by molar-refractivity contribution is 0.475. The Labute approximate surface area is 219 Å². The molecule has 192 valence electrons. The largest absolute Gasteiger partial charge is 0.147 e. The van der Waals surface area contributed by atoms with Gasteiger partial charge in [-0.25, -0.2) is 0 Å². The van der Waals surface area contributed by atoms with Gasteiger partial charge in [0, 0.05) is 0 Å². The van der Waals surface area contributed by atoms with Crippen molar-refractivity contribution in [1.29, 1.82) is 0 Å². The van der Waals surface area contributed by atoms with Crippen LogP contribution in [0.3, 0.4) is 0 Å². The third-order valence-electron chi connectivity index (χ3n) is 7.45. The second kappa shape index (κ2) is 19.4. The molecule has 0 aromatic heterocycles. The number of halogens is 1. The van der Waals surface area contributed by atoms with Gasteiger partial charge in [-0.15, -0.1) is 20.3 Å². The normalized spacial score (nSPS) is 11.5. The Kier molecular flexibility index (Phi) is 17.8. The van der Waals surface area contributed by atoms with Gasteiger partial charge in [-0.05, 0) is 48.9 Å². The predicted octanol–water partition coefficient (Wildman–Crippen LogP) is 10.9. The summed E-state index contributed by atoms with van der Waals surface area (Å²) in [5.74, 6) is 0. The molecule has 2 rings (SSSR count). The zero-order valence-corrected chi connectivity index (χ0v) is 24.2. The monoisotopic (exact) mass is 502 g/mol. The molecule has 0 unspecified atom stereocenters. The molecule has 2 aromatic rings. The molecule has 0 fully saturated rings. The molecule has 0 saturated heterocycles. The van der Waals surface area contributed by atoms with Crippen LogP contribution >= 0.6 is 20.3 Å². The lowest BCUT2D eigenvalue weighted by atomic mass is 9.87. The van der Waals surface area contributed by atoms with Crippen molar-refractivity contribution in [3.05, 3.63) is 71.8 Å². The van der Waals surface area contributed by atoms with Gasteiger partial charge in [0.15, 0.2) is 0 Å². The molecule has 0 aliphatic heterocycles. The molecule has 0 radical (unpaired) electrons. The van der Waals surface area contributed by atoms with E-state index in [2.05, 4.69) is 80.9 Å². The molecular formula is C32H52ClP. The van der Waals surface area contributed by atoms with Crippen LogP contribution < -0.4 is 0 Å². The van der Waals surface area contributed by atoms with E-state index in [1.165, 1.54) is 114 Å². The molecule has 0 bridgehead atoms. The van der Waals surface area contributed by atoms with Crippen LogP contribution in [-0.4, -0.2) is 18.5 Å². The minimum Gasteiger partial charge on any atom is -0.147 e. The van der Waals surface area contributed by atoms with Crippen molar-refractivity contribution in [2.45, 2.75) is 115 Å². The van der Waals surface area contributed by atoms with Crippen molar-refractivity contribution in [3.8, 4) is 0 Å². The average Bonchev–Trinajstić information content (AvgIpc) is 2.83. The summed E-state index contributed by atoms with van der Waals surface area (Å²) in [6.07, 6.45) is 22.4. The van der Waals surface area contributed by atoms with Gasteiger partial charge < -0.3 is 0 Å². The molecular weight excluding hydrogens is 451 g/mol. The smallest absolute Gasteiger partial charge is 0.00187 e. The Morgan fingerprint density at radius 3 is 1.24 bits per heavy atom. The summed E-state index contributed by atoms with van der Waals surface area (Å²) in [7, 11) is -0.0360. The third kappa shape index (κ3) is 12.7. The van der Waals surface area contributed by atoms with E-state index in [9.17, 15) is 0 Å². The highest BCUT2D eigenvalue weighted by atomic mass is 35.5. The quantitative estimate of drug-likeness (QED) is 0.132. The molecule has 0 nitrogen and oxygen atoms in total. The summed E-state index contributed by atoms with van der Waals surface area (Å²) in [6.45, 7) is 7.34. The Hall–Kier alpha value is -0.840. The maximum absolute atomic E-state index is 2.52. The first-order valence-electron chi connectivity index (χ1n) is 13.9. The summed E-state index contributed by atoms with van der Waals surface area (Å²) >= 11 is 0. The van der Waals surface area contributed by atoms with Crippen molar-refractivity contribution in [2.24, 2.45) is 0 Å². The van der Waals surface area contributed by atoms with Crippen LogP contribution in [0, 0.1) is 0 Å². The van der Waals surface area contributed by atoms with Crippen molar-refractivity contribution < 1.29 is 0 Å². The fourth-order valence-electron chi connectivity index (χ4n) is 5.20. The summed E-state index contributed by atoms with van der Waals surface area (Å²) < 4.78 is 0. The lowest BCUT2D eigenvalue weighted by Gasteiger charge is -2.39. The Morgan fingerprint density at radius 1 is 0.529 bits per heavy atom. The molecule has 2 heteroatoms. The molecule has 0 amide bonds. The van der Waals surface area contributed by atoms with Crippen LogP contribution in [0.5, 0.6) is 0 Å². The van der Waals surface area contributed by atoms with Crippen LogP contribution in [0.2, 0.25) is 0 Å². The molecule has 0 atom stereocenters. The summed E-state index contributed by atoms with van der Waals surface area (Å²) in [5, 5.41) is 0.413. The van der Waals surface area contributed by atoms with Gasteiger partial charge in [0.25, 0.3) is 0 Å². The standard InChI is InChI=1S/C32H51P.ClH/c1-4-5-6-7-8-9-10-11-12-13-14-15-22-27-32(33(2)3,28-30-23-18-16-19-24-30)29-31-25-20-17-21-26-31;/h16-21,23-26H,4-15,22,27-29H2,1-3H3;1H. The Morgan fingerprint density at radius 2 is 0.882 bits per heavy atom. The van der Waals surface area contributed by atoms with E-state index in [1.54, 1.807) is 0 Å². The van der Waals surface area contributed by atoms with E-state index in [4.69, 9.17) is 0 Å². The van der Waals surface area contributed by atoms with Gasteiger partial charge in [0.2, 0.25) is 0 Å². The zero-order valence-electron chi connectivity index (χ0n) is 22.4. The molecule has 0 N–H and O–H groups in total. The van der Waals surface area contributed by atoms with Crippen molar-refractivity contribution in [3.63, 3.8) is 0 Å². The minimum atomic E-state index is -0.0360.